The molecule has 1 unspecified atom stereocenters. The smallest absolute Gasteiger partial charge is 0.149 e. The summed E-state index contributed by atoms with van der Waals surface area (Å²) in [5.41, 5.74) is 9.17. The van der Waals surface area contributed by atoms with Crippen LogP contribution in [0, 0.1) is 0 Å². The van der Waals surface area contributed by atoms with E-state index >= 15 is 0 Å². The third-order valence-electron chi connectivity index (χ3n) is 2.24. The minimum atomic E-state index is -0.102. The van der Waals surface area contributed by atoms with Crippen molar-refractivity contribution in [2.24, 2.45) is 10.7 Å². The zero-order valence-corrected chi connectivity index (χ0v) is 7.71. The molecule has 2 nitrogen and oxygen atoms in total. The standard InChI is InChI=1S/C10H8N2S/c11-10-12-9-7-4-2-1-3-6(7)5-8(9)13-10/h1-5,10H,11H2. The molecule has 0 amide bonds. The van der Waals surface area contributed by atoms with Gasteiger partial charge < -0.3 is 5.73 Å². The van der Waals surface area contributed by atoms with Crippen LogP contribution in [0.25, 0.3) is 6.08 Å². The summed E-state index contributed by atoms with van der Waals surface area (Å²) in [6, 6.07) is 8.28. The van der Waals surface area contributed by atoms with Crippen LogP contribution < -0.4 is 5.73 Å². The van der Waals surface area contributed by atoms with Crippen molar-refractivity contribution in [3.63, 3.8) is 0 Å². The largest absolute Gasteiger partial charge is 0.301 e. The molecule has 1 aromatic rings. The van der Waals surface area contributed by atoms with Gasteiger partial charge in [0.1, 0.15) is 5.50 Å². The summed E-state index contributed by atoms with van der Waals surface area (Å²) >= 11 is 1.63. The number of aliphatic imine (C=N–C) groups is 1. The average molecular weight is 188 g/mol. The molecule has 2 aliphatic rings. The Morgan fingerprint density at radius 1 is 1.31 bits per heavy atom. The van der Waals surface area contributed by atoms with Gasteiger partial charge in [-0.3, -0.25) is 4.99 Å². The van der Waals surface area contributed by atoms with E-state index < -0.39 is 0 Å². The Balaban J connectivity index is 2.22. The predicted molar refractivity (Wildman–Crippen MR) is 56.5 cm³/mol. The third-order valence-corrected chi connectivity index (χ3v) is 3.15. The van der Waals surface area contributed by atoms with Crippen molar-refractivity contribution >= 4 is 23.5 Å². The van der Waals surface area contributed by atoms with E-state index in [0.717, 1.165) is 5.71 Å². The van der Waals surface area contributed by atoms with Crippen LogP contribution in [0.2, 0.25) is 0 Å². The molecular weight excluding hydrogens is 180 g/mol. The quantitative estimate of drug-likeness (QED) is 0.674. The van der Waals surface area contributed by atoms with Gasteiger partial charge in [-0.2, -0.15) is 0 Å². The molecule has 0 aromatic heterocycles. The first-order valence-corrected chi connectivity index (χ1v) is 5.04. The SMILES string of the molecule is NC1N=C2C(=Cc3ccccc32)S1. The van der Waals surface area contributed by atoms with E-state index in [4.69, 9.17) is 5.73 Å². The molecule has 0 fully saturated rings. The normalized spacial score (nSPS) is 23.6. The van der Waals surface area contributed by atoms with E-state index in [0.29, 0.717) is 0 Å². The van der Waals surface area contributed by atoms with Gasteiger partial charge >= 0.3 is 0 Å². The zero-order chi connectivity index (χ0) is 8.84. The Morgan fingerprint density at radius 3 is 3.08 bits per heavy atom. The second-order valence-corrected chi connectivity index (χ2v) is 4.24. The maximum atomic E-state index is 5.72. The molecular formula is C10H8N2S. The Hall–Kier alpha value is -1.06. The Kier molecular flexibility index (Phi) is 1.39. The maximum absolute atomic E-state index is 5.72. The average Bonchev–Trinajstić information content (AvgIpc) is 2.60. The highest BCUT2D eigenvalue weighted by atomic mass is 32.2. The highest BCUT2D eigenvalue weighted by molar-refractivity contribution is 8.05. The topological polar surface area (TPSA) is 38.4 Å². The van der Waals surface area contributed by atoms with Crippen molar-refractivity contribution in [3.8, 4) is 0 Å². The number of rotatable bonds is 0. The molecule has 0 spiro atoms. The number of benzene rings is 1. The van der Waals surface area contributed by atoms with Gasteiger partial charge in [-0.1, -0.05) is 36.0 Å². The van der Waals surface area contributed by atoms with E-state index in [9.17, 15) is 0 Å². The third kappa shape index (κ3) is 0.975. The van der Waals surface area contributed by atoms with Crippen LogP contribution in [0.3, 0.4) is 0 Å². The lowest BCUT2D eigenvalue weighted by atomic mass is 10.1. The van der Waals surface area contributed by atoms with Gasteiger partial charge in [0.2, 0.25) is 0 Å². The van der Waals surface area contributed by atoms with Crippen LogP contribution in [0.1, 0.15) is 11.1 Å². The van der Waals surface area contributed by atoms with Crippen molar-refractivity contribution in [2.75, 3.05) is 0 Å². The predicted octanol–water partition coefficient (Wildman–Crippen LogP) is 1.82. The molecule has 3 rings (SSSR count). The van der Waals surface area contributed by atoms with Crippen LogP contribution in [-0.4, -0.2) is 11.2 Å². The van der Waals surface area contributed by atoms with Gasteiger partial charge in [-0.05, 0) is 11.6 Å². The number of hydrogen-bond acceptors (Lipinski definition) is 3. The second kappa shape index (κ2) is 2.47. The van der Waals surface area contributed by atoms with Gasteiger partial charge in [0.05, 0.1) is 5.71 Å². The first kappa shape index (κ1) is 7.35. The summed E-state index contributed by atoms with van der Waals surface area (Å²) in [6.07, 6.45) is 2.16. The van der Waals surface area contributed by atoms with Crippen LogP contribution in [-0.2, 0) is 0 Å². The maximum Gasteiger partial charge on any atom is 0.149 e. The minimum absolute atomic E-state index is 0.102. The van der Waals surface area contributed by atoms with Gasteiger partial charge in [-0.25, -0.2) is 0 Å². The molecule has 0 bridgehead atoms. The summed E-state index contributed by atoms with van der Waals surface area (Å²) in [6.45, 7) is 0. The molecule has 3 heteroatoms. The lowest BCUT2D eigenvalue weighted by molar-refractivity contribution is 1.00. The first-order chi connectivity index (χ1) is 6.34. The minimum Gasteiger partial charge on any atom is -0.301 e. The van der Waals surface area contributed by atoms with E-state index in [-0.39, 0.29) is 5.50 Å². The number of allylic oxidation sites excluding steroid dienone is 1. The molecule has 64 valence electrons. The Labute approximate surface area is 80.5 Å². The summed E-state index contributed by atoms with van der Waals surface area (Å²) < 4.78 is 0. The fraction of sp³-hybridized carbons (Fsp3) is 0.100. The molecule has 0 saturated heterocycles. The molecule has 1 heterocycles. The summed E-state index contributed by atoms with van der Waals surface area (Å²) in [5, 5.41) is 0. The van der Waals surface area contributed by atoms with Crippen molar-refractivity contribution < 1.29 is 0 Å². The van der Waals surface area contributed by atoms with Gasteiger partial charge in [0.25, 0.3) is 0 Å². The molecule has 1 aliphatic carbocycles. The van der Waals surface area contributed by atoms with Crippen LogP contribution in [0.15, 0.2) is 34.2 Å². The molecule has 0 radical (unpaired) electrons. The Bertz CT molecular complexity index is 434. The fourth-order valence-corrected chi connectivity index (χ4v) is 2.58. The van der Waals surface area contributed by atoms with Crippen LogP contribution in [0.4, 0.5) is 0 Å². The molecule has 1 atom stereocenters. The molecule has 2 N–H and O–H groups in total. The molecule has 1 aromatic carbocycles. The summed E-state index contributed by atoms with van der Waals surface area (Å²) in [5.74, 6) is 0. The van der Waals surface area contributed by atoms with E-state index in [1.807, 2.05) is 12.1 Å². The lowest BCUT2D eigenvalue weighted by Gasteiger charge is -1.97. The highest BCUT2D eigenvalue weighted by Gasteiger charge is 2.27. The van der Waals surface area contributed by atoms with Crippen molar-refractivity contribution in [2.45, 2.75) is 5.50 Å². The van der Waals surface area contributed by atoms with Gasteiger partial charge in [-0.15, -0.1) is 0 Å². The monoisotopic (exact) mass is 188 g/mol. The number of nitrogens with zero attached hydrogens (tertiary/aromatic N) is 1. The number of hydrogen-bond donors (Lipinski definition) is 1. The zero-order valence-electron chi connectivity index (χ0n) is 6.90. The van der Waals surface area contributed by atoms with Crippen molar-refractivity contribution in [3.05, 3.63) is 40.3 Å². The fourth-order valence-electron chi connectivity index (χ4n) is 1.69. The molecule has 0 saturated carbocycles. The summed E-state index contributed by atoms with van der Waals surface area (Å²) in [4.78, 5) is 5.60. The van der Waals surface area contributed by atoms with Crippen LogP contribution >= 0.6 is 11.8 Å². The molecule has 13 heavy (non-hydrogen) atoms. The van der Waals surface area contributed by atoms with Gasteiger partial charge in [0.15, 0.2) is 0 Å². The lowest BCUT2D eigenvalue weighted by Crippen LogP contribution is -2.08. The van der Waals surface area contributed by atoms with E-state index in [1.165, 1.54) is 16.0 Å². The Morgan fingerprint density at radius 2 is 2.15 bits per heavy atom. The van der Waals surface area contributed by atoms with Crippen molar-refractivity contribution in [1.82, 2.24) is 0 Å². The second-order valence-electron chi connectivity index (χ2n) is 3.08. The van der Waals surface area contributed by atoms with E-state index in [1.54, 1.807) is 11.8 Å². The highest BCUT2D eigenvalue weighted by Crippen LogP contribution is 2.38. The van der Waals surface area contributed by atoms with Crippen LogP contribution in [0.5, 0.6) is 0 Å². The van der Waals surface area contributed by atoms with Gasteiger partial charge in [0, 0.05) is 10.5 Å². The number of thioether (sulfide) groups is 1. The summed E-state index contributed by atoms with van der Waals surface area (Å²) in [7, 11) is 0. The molecule has 1 aliphatic heterocycles. The van der Waals surface area contributed by atoms with E-state index in [2.05, 4.69) is 23.2 Å². The number of nitrogens with two attached hydrogens (primary N) is 1. The first-order valence-electron chi connectivity index (χ1n) is 4.16. The number of fused-ring (bicyclic) bond motifs is 3. The van der Waals surface area contributed by atoms with Crippen molar-refractivity contribution in [1.29, 1.82) is 0 Å².